The van der Waals surface area contributed by atoms with Crippen LogP contribution in [0.25, 0.3) is 10.9 Å². The van der Waals surface area contributed by atoms with E-state index in [2.05, 4.69) is 19.9 Å². The third-order valence-corrected chi connectivity index (χ3v) is 4.19. The Labute approximate surface area is 149 Å². The number of pyridine rings is 1. The molecule has 0 saturated carbocycles. The summed E-state index contributed by atoms with van der Waals surface area (Å²) in [5.41, 5.74) is 5.69. The molecule has 0 unspecified atom stereocenters. The molecule has 3 heterocycles. The number of amides is 1. The Morgan fingerprint density at radius 1 is 1.46 bits per heavy atom. The molecule has 1 amide bonds. The first kappa shape index (κ1) is 17.6. The fraction of sp³-hybridized carbons (Fsp3) is 0.353. The number of carbonyl (C=O) groups excluding carboxylic acids is 1. The number of aromatic nitrogens is 3. The third-order valence-electron chi connectivity index (χ3n) is 4.19. The van der Waals surface area contributed by atoms with Gasteiger partial charge in [0.2, 0.25) is 5.91 Å². The van der Waals surface area contributed by atoms with E-state index in [4.69, 9.17) is 10.5 Å². The summed E-state index contributed by atoms with van der Waals surface area (Å²) in [6.45, 7) is 2.94. The van der Waals surface area contributed by atoms with Gasteiger partial charge in [0.15, 0.2) is 5.76 Å². The van der Waals surface area contributed by atoms with Gasteiger partial charge < -0.3 is 15.4 Å². The molecule has 0 aliphatic carbocycles. The van der Waals surface area contributed by atoms with E-state index in [1.165, 1.54) is 24.8 Å². The highest BCUT2D eigenvalue weighted by molar-refractivity contribution is 5.78. The number of ether oxygens (including phenoxy) is 1. The number of piperidine rings is 1. The van der Waals surface area contributed by atoms with Crippen LogP contribution in [-0.4, -0.2) is 51.1 Å². The monoisotopic (exact) mass is 356 g/mol. The molecule has 2 aromatic rings. The lowest BCUT2D eigenvalue weighted by atomic mass is 10.1. The summed E-state index contributed by atoms with van der Waals surface area (Å²) in [5.74, 6) is 0.351. The van der Waals surface area contributed by atoms with E-state index in [9.17, 15) is 9.59 Å². The van der Waals surface area contributed by atoms with Crippen LogP contribution in [0.15, 0.2) is 40.2 Å². The maximum absolute atomic E-state index is 12.0. The molecule has 0 spiro atoms. The molecular formula is C17H20N6O3. The number of likely N-dealkylation sites (tertiary alicyclic amines) is 1. The Bertz CT molecular complexity index is 912. The Morgan fingerprint density at radius 3 is 2.92 bits per heavy atom. The number of aliphatic imine (C=N–C) groups is 1. The summed E-state index contributed by atoms with van der Waals surface area (Å²) in [6.07, 6.45) is 7.34. The van der Waals surface area contributed by atoms with Crippen LogP contribution in [0, 0.1) is 0 Å². The number of aromatic amines is 1. The summed E-state index contributed by atoms with van der Waals surface area (Å²) in [5, 5.41) is 0.427. The number of hydrogen-bond donors (Lipinski definition) is 2. The first-order valence-electron chi connectivity index (χ1n) is 8.29. The predicted octanol–water partition coefficient (Wildman–Crippen LogP) is 0.579. The number of nitrogens with two attached hydrogens (primary N) is 1. The zero-order valence-corrected chi connectivity index (χ0v) is 14.4. The molecule has 1 aliphatic heterocycles. The summed E-state index contributed by atoms with van der Waals surface area (Å²) in [6, 6.07) is 1.70. The van der Waals surface area contributed by atoms with E-state index in [1.807, 2.05) is 0 Å². The van der Waals surface area contributed by atoms with Crippen molar-refractivity contribution in [2.75, 3.05) is 13.1 Å². The number of nitrogens with zero attached hydrogens (tertiary/aromatic N) is 4. The van der Waals surface area contributed by atoms with Crippen LogP contribution in [0.1, 0.15) is 19.8 Å². The second-order valence-corrected chi connectivity index (χ2v) is 5.95. The molecule has 9 heteroatoms. The molecule has 2 aromatic heterocycles. The molecule has 1 fully saturated rings. The molecule has 9 nitrogen and oxygen atoms in total. The second kappa shape index (κ2) is 7.77. The van der Waals surface area contributed by atoms with Gasteiger partial charge in [-0.3, -0.25) is 24.5 Å². The van der Waals surface area contributed by atoms with Gasteiger partial charge in [0.25, 0.3) is 5.56 Å². The lowest BCUT2D eigenvalue weighted by Crippen LogP contribution is -2.38. The Hall–Kier alpha value is -3.23. The van der Waals surface area contributed by atoms with Crippen LogP contribution in [0.3, 0.4) is 0 Å². The van der Waals surface area contributed by atoms with Crippen molar-refractivity contribution >= 4 is 23.0 Å². The highest BCUT2D eigenvalue weighted by Gasteiger charge is 2.19. The minimum Gasteiger partial charge on any atom is -0.422 e. The Morgan fingerprint density at radius 2 is 2.23 bits per heavy atom. The van der Waals surface area contributed by atoms with E-state index < -0.39 is 0 Å². The van der Waals surface area contributed by atoms with Crippen LogP contribution in [0.2, 0.25) is 0 Å². The van der Waals surface area contributed by atoms with E-state index in [0.717, 1.165) is 12.8 Å². The number of hydrogen-bond acceptors (Lipinski definition) is 7. The molecule has 0 aromatic carbocycles. The molecule has 0 bridgehead atoms. The number of rotatable bonds is 4. The smallest absolute Gasteiger partial charge is 0.302 e. The van der Waals surface area contributed by atoms with Gasteiger partial charge in [0.05, 0.1) is 29.4 Å². The van der Waals surface area contributed by atoms with Crippen molar-refractivity contribution in [2.45, 2.75) is 25.8 Å². The normalized spacial score (nSPS) is 16.3. The summed E-state index contributed by atoms with van der Waals surface area (Å²) in [7, 11) is 0. The van der Waals surface area contributed by atoms with E-state index in [1.54, 1.807) is 17.9 Å². The van der Waals surface area contributed by atoms with Gasteiger partial charge in [-0.25, -0.2) is 0 Å². The maximum atomic E-state index is 12.0. The maximum Gasteiger partial charge on any atom is 0.302 e. The van der Waals surface area contributed by atoms with Gasteiger partial charge in [-0.15, -0.1) is 0 Å². The van der Waals surface area contributed by atoms with E-state index in [0.29, 0.717) is 24.0 Å². The van der Waals surface area contributed by atoms with Gasteiger partial charge in [-0.05, 0) is 18.9 Å². The highest BCUT2D eigenvalue weighted by Crippen LogP contribution is 2.14. The number of fused-ring (bicyclic) bond motifs is 1. The quantitative estimate of drug-likeness (QED) is 0.609. The minimum atomic E-state index is -0.322. The molecule has 1 saturated heterocycles. The van der Waals surface area contributed by atoms with Crippen molar-refractivity contribution in [2.24, 2.45) is 10.7 Å². The first-order valence-corrected chi connectivity index (χ1v) is 8.29. The average Bonchev–Trinajstić information content (AvgIpc) is 2.65. The van der Waals surface area contributed by atoms with Crippen LogP contribution in [0.4, 0.5) is 0 Å². The third kappa shape index (κ3) is 4.05. The van der Waals surface area contributed by atoms with Crippen molar-refractivity contribution in [3.63, 3.8) is 0 Å². The first-order chi connectivity index (χ1) is 12.6. The molecule has 136 valence electrons. The molecule has 26 heavy (non-hydrogen) atoms. The van der Waals surface area contributed by atoms with Crippen molar-refractivity contribution < 1.29 is 9.53 Å². The molecule has 3 N–H and O–H groups in total. The molecular weight excluding hydrogens is 336 g/mol. The topological polar surface area (TPSA) is 127 Å². The van der Waals surface area contributed by atoms with E-state index >= 15 is 0 Å². The summed E-state index contributed by atoms with van der Waals surface area (Å²) >= 11 is 0. The zero-order chi connectivity index (χ0) is 18.5. The standard InChI is InChI=1S/C17H20N6O3/c1-11(24)23-6-3-12(4-7-23)20-9-13(8-18)26-17-21-15-10-19-5-2-14(15)16(25)22-17/h2,5,8-10,12H,3-4,6-7,18H2,1H3,(H,21,22,25). The van der Waals surface area contributed by atoms with Gasteiger partial charge in [-0.2, -0.15) is 4.98 Å². The Kier molecular flexibility index (Phi) is 5.26. The van der Waals surface area contributed by atoms with Crippen LogP contribution >= 0.6 is 0 Å². The number of H-pyrrole nitrogens is 1. The van der Waals surface area contributed by atoms with E-state index in [-0.39, 0.29) is 29.3 Å². The van der Waals surface area contributed by atoms with Gasteiger partial charge >= 0.3 is 6.01 Å². The largest absolute Gasteiger partial charge is 0.422 e. The molecule has 0 radical (unpaired) electrons. The number of nitrogens with one attached hydrogen (secondary N) is 1. The zero-order valence-electron chi connectivity index (χ0n) is 14.4. The average molecular weight is 356 g/mol. The second-order valence-electron chi connectivity index (χ2n) is 5.95. The predicted molar refractivity (Wildman–Crippen MR) is 96.8 cm³/mol. The number of carbonyl (C=O) groups is 1. The van der Waals surface area contributed by atoms with Gasteiger partial charge in [0.1, 0.15) is 0 Å². The van der Waals surface area contributed by atoms with Crippen LogP contribution in [0.5, 0.6) is 6.01 Å². The summed E-state index contributed by atoms with van der Waals surface area (Å²) in [4.78, 5) is 40.4. The molecule has 3 rings (SSSR count). The van der Waals surface area contributed by atoms with Crippen LogP contribution in [-0.2, 0) is 4.79 Å². The summed E-state index contributed by atoms with van der Waals surface area (Å²) < 4.78 is 5.53. The van der Waals surface area contributed by atoms with Crippen LogP contribution < -0.4 is 16.0 Å². The number of allylic oxidation sites excluding steroid dienone is 1. The van der Waals surface area contributed by atoms with Crippen molar-refractivity contribution in [1.29, 1.82) is 0 Å². The van der Waals surface area contributed by atoms with Gasteiger partial charge in [-0.1, -0.05) is 0 Å². The van der Waals surface area contributed by atoms with Crippen molar-refractivity contribution in [3.05, 3.63) is 40.8 Å². The Balaban J connectivity index is 1.67. The minimum absolute atomic E-state index is 0.0186. The molecule has 0 atom stereocenters. The lowest BCUT2D eigenvalue weighted by Gasteiger charge is -2.29. The van der Waals surface area contributed by atoms with Crippen molar-refractivity contribution in [1.82, 2.24) is 19.9 Å². The highest BCUT2D eigenvalue weighted by atomic mass is 16.5. The fourth-order valence-corrected chi connectivity index (χ4v) is 2.74. The van der Waals surface area contributed by atoms with Crippen molar-refractivity contribution in [3.8, 4) is 6.01 Å². The lowest BCUT2D eigenvalue weighted by molar-refractivity contribution is -0.129. The fourth-order valence-electron chi connectivity index (χ4n) is 2.74. The SMILES string of the molecule is CC(=O)N1CCC(N=CC(=CN)Oc2nc3cnccc3c(=O)[nH]2)CC1. The molecule has 1 aliphatic rings. The van der Waals surface area contributed by atoms with Gasteiger partial charge in [0, 0.05) is 32.4 Å².